The highest BCUT2D eigenvalue weighted by Gasteiger charge is 2.16. The van der Waals surface area contributed by atoms with Crippen molar-refractivity contribution in [2.45, 2.75) is 64.5 Å². The molecule has 104 valence electrons. The minimum atomic E-state index is 0.0852. The standard InChI is InChI=1S/C13H26N4O/c1-3-10(2)16-13(14)15-9-8-12(18)17-11-6-4-5-7-11/h10-11H,3-9H2,1-2H3,(H,17,18)(H3,14,15,16)/t10-/m0/s1. The summed E-state index contributed by atoms with van der Waals surface area (Å²) in [5, 5.41) is 6.11. The third-order valence-electron chi connectivity index (χ3n) is 3.35. The predicted octanol–water partition coefficient (Wildman–Crippen LogP) is 1.14. The van der Waals surface area contributed by atoms with Gasteiger partial charge in [-0.15, -0.1) is 0 Å². The van der Waals surface area contributed by atoms with Gasteiger partial charge >= 0.3 is 0 Å². The van der Waals surface area contributed by atoms with E-state index in [4.69, 9.17) is 5.73 Å². The molecule has 0 saturated heterocycles. The molecule has 0 aromatic carbocycles. The van der Waals surface area contributed by atoms with Crippen LogP contribution in [0, 0.1) is 0 Å². The zero-order valence-electron chi connectivity index (χ0n) is 11.5. The Morgan fingerprint density at radius 3 is 2.72 bits per heavy atom. The summed E-state index contributed by atoms with van der Waals surface area (Å²) < 4.78 is 0. The summed E-state index contributed by atoms with van der Waals surface area (Å²) in [5.74, 6) is 0.514. The van der Waals surface area contributed by atoms with E-state index in [0.29, 0.717) is 31.0 Å². The van der Waals surface area contributed by atoms with Gasteiger partial charge in [-0.2, -0.15) is 0 Å². The van der Waals surface area contributed by atoms with Gasteiger partial charge < -0.3 is 16.4 Å². The highest BCUT2D eigenvalue weighted by molar-refractivity contribution is 5.79. The molecule has 1 amide bonds. The lowest BCUT2D eigenvalue weighted by atomic mass is 10.2. The molecule has 0 aliphatic heterocycles. The molecule has 1 saturated carbocycles. The van der Waals surface area contributed by atoms with Crippen LogP contribution < -0.4 is 16.4 Å². The molecule has 0 bridgehead atoms. The Labute approximate surface area is 110 Å². The minimum Gasteiger partial charge on any atom is -0.370 e. The van der Waals surface area contributed by atoms with Gasteiger partial charge in [0, 0.05) is 18.5 Å². The quantitative estimate of drug-likeness (QED) is 0.491. The fraction of sp³-hybridized carbons (Fsp3) is 0.846. The summed E-state index contributed by atoms with van der Waals surface area (Å²) in [6.07, 6.45) is 6.11. The van der Waals surface area contributed by atoms with Crippen LogP contribution in [0.2, 0.25) is 0 Å². The molecular formula is C13H26N4O. The van der Waals surface area contributed by atoms with Crippen molar-refractivity contribution in [3.05, 3.63) is 0 Å². The van der Waals surface area contributed by atoms with Gasteiger partial charge in [-0.3, -0.25) is 9.79 Å². The van der Waals surface area contributed by atoms with Gasteiger partial charge in [-0.1, -0.05) is 19.8 Å². The van der Waals surface area contributed by atoms with E-state index in [2.05, 4.69) is 29.5 Å². The minimum absolute atomic E-state index is 0.0852. The molecule has 5 heteroatoms. The Bertz CT molecular complexity index is 285. The third kappa shape index (κ3) is 5.89. The van der Waals surface area contributed by atoms with E-state index >= 15 is 0 Å². The largest absolute Gasteiger partial charge is 0.370 e. The van der Waals surface area contributed by atoms with Crippen LogP contribution in [0.15, 0.2) is 4.99 Å². The van der Waals surface area contributed by atoms with Crippen molar-refractivity contribution in [2.75, 3.05) is 6.54 Å². The Kier molecular flexibility index (Phi) is 6.54. The summed E-state index contributed by atoms with van der Waals surface area (Å²) in [7, 11) is 0. The molecule has 18 heavy (non-hydrogen) atoms. The Morgan fingerprint density at radius 1 is 1.44 bits per heavy atom. The Hall–Kier alpha value is -1.26. The topological polar surface area (TPSA) is 79.5 Å². The van der Waals surface area contributed by atoms with E-state index in [0.717, 1.165) is 19.3 Å². The summed E-state index contributed by atoms with van der Waals surface area (Å²) in [6, 6.07) is 0.707. The molecule has 1 fully saturated rings. The average Bonchev–Trinajstić information content (AvgIpc) is 2.81. The Balaban J connectivity index is 2.15. The fourth-order valence-corrected chi connectivity index (χ4v) is 2.05. The van der Waals surface area contributed by atoms with Crippen LogP contribution in [0.1, 0.15) is 52.4 Å². The number of hydrogen-bond acceptors (Lipinski definition) is 2. The third-order valence-corrected chi connectivity index (χ3v) is 3.35. The molecule has 1 rings (SSSR count). The van der Waals surface area contributed by atoms with Crippen molar-refractivity contribution in [3.8, 4) is 0 Å². The van der Waals surface area contributed by atoms with Gasteiger partial charge in [-0.05, 0) is 26.2 Å². The van der Waals surface area contributed by atoms with Gasteiger partial charge in [0.2, 0.25) is 5.91 Å². The number of amides is 1. The number of carbonyl (C=O) groups excluding carboxylic acids is 1. The van der Waals surface area contributed by atoms with E-state index in [9.17, 15) is 4.79 Å². The number of aliphatic imine (C=N–C) groups is 1. The second-order valence-electron chi connectivity index (χ2n) is 5.02. The molecule has 1 aliphatic rings. The van der Waals surface area contributed by atoms with E-state index in [-0.39, 0.29) is 5.91 Å². The summed E-state index contributed by atoms with van der Waals surface area (Å²) in [6.45, 7) is 4.59. The molecule has 4 N–H and O–H groups in total. The Morgan fingerprint density at radius 2 is 2.11 bits per heavy atom. The number of hydrogen-bond donors (Lipinski definition) is 3. The molecule has 0 aromatic rings. The zero-order chi connectivity index (χ0) is 13.4. The zero-order valence-corrected chi connectivity index (χ0v) is 11.5. The first-order valence-corrected chi connectivity index (χ1v) is 6.97. The molecule has 1 aliphatic carbocycles. The normalized spacial score (nSPS) is 18.7. The molecule has 0 heterocycles. The van der Waals surface area contributed by atoms with Crippen molar-refractivity contribution in [1.82, 2.24) is 10.6 Å². The fourth-order valence-electron chi connectivity index (χ4n) is 2.05. The maximum atomic E-state index is 11.6. The second kappa shape index (κ2) is 7.95. The molecule has 1 atom stereocenters. The van der Waals surface area contributed by atoms with Gasteiger partial charge in [-0.25, -0.2) is 0 Å². The van der Waals surface area contributed by atoms with Gasteiger partial charge in [0.1, 0.15) is 0 Å². The van der Waals surface area contributed by atoms with Crippen LogP contribution in [0.5, 0.6) is 0 Å². The summed E-state index contributed by atoms with van der Waals surface area (Å²) in [4.78, 5) is 15.8. The smallest absolute Gasteiger partial charge is 0.222 e. The van der Waals surface area contributed by atoms with Crippen LogP contribution in [0.3, 0.4) is 0 Å². The van der Waals surface area contributed by atoms with Crippen LogP contribution >= 0.6 is 0 Å². The maximum absolute atomic E-state index is 11.6. The highest BCUT2D eigenvalue weighted by atomic mass is 16.1. The predicted molar refractivity (Wildman–Crippen MR) is 74.4 cm³/mol. The number of carbonyl (C=O) groups is 1. The van der Waals surface area contributed by atoms with Crippen molar-refractivity contribution >= 4 is 11.9 Å². The average molecular weight is 254 g/mol. The number of rotatable bonds is 6. The van der Waals surface area contributed by atoms with Crippen molar-refractivity contribution < 1.29 is 4.79 Å². The van der Waals surface area contributed by atoms with Crippen LogP contribution in [-0.2, 0) is 4.79 Å². The lowest BCUT2D eigenvalue weighted by molar-refractivity contribution is -0.121. The van der Waals surface area contributed by atoms with Crippen LogP contribution in [0.25, 0.3) is 0 Å². The lowest BCUT2D eigenvalue weighted by Crippen LogP contribution is -2.38. The van der Waals surface area contributed by atoms with Crippen molar-refractivity contribution in [2.24, 2.45) is 10.7 Å². The molecule has 5 nitrogen and oxygen atoms in total. The first kappa shape index (κ1) is 14.8. The van der Waals surface area contributed by atoms with Crippen LogP contribution in [0.4, 0.5) is 0 Å². The summed E-state index contributed by atoms with van der Waals surface area (Å²) in [5.41, 5.74) is 5.71. The van der Waals surface area contributed by atoms with Crippen molar-refractivity contribution in [1.29, 1.82) is 0 Å². The van der Waals surface area contributed by atoms with Gasteiger partial charge in [0.25, 0.3) is 0 Å². The number of nitrogens with two attached hydrogens (primary N) is 1. The molecule has 0 radical (unpaired) electrons. The molecular weight excluding hydrogens is 228 g/mol. The lowest BCUT2D eigenvalue weighted by Gasteiger charge is -2.12. The first-order chi connectivity index (χ1) is 8.61. The van der Waals surface area contributed by atoms with Crippen molar-refractivity contribution in [3.63, 3.8) is 0 Å². The van der Waals surface area contributed by atoms with E-state index in [1.165, 1.54) is 12.8 Å². The maximum Gasteiger partial charge on any atom is 0.222 e. The van der Waals surface area contributed by atoms with Gasteiger partial charge in [0.15, 0.2) is 5.96 Å². The molecule has 0 aromatic heterocycles. The summed E-state index contributed by atoms with van der Waals surface area (Å²) >= 11 is 0. The van der Waals surface area contributed by atoms with Crippen LogP contribution in [-0.4, -0.2) is 30.5 Å². The van der Waals surface area contributed by atoms with Gasteiger partial charge in [0.05, 0.1) is 6.54 Å². The first-order valence-electron chi connectivity index (χ1n) is 6.97. The van der Waals surface area contributed by atoms with E-state index in [1.54, 1.807) is 0 Å². The molecule has 0 unspecified atom stereocenters. The SMILES string of the molecule is CC[C@H](C)NC(N)=NCCC(=O)NC1CCCC1. The number of nitrogens with zero attached hydrogens (tertiary/aromatic N) is 1. The number of nitrogens with one attached hydrogen (secondary N) is 2. The highest BCUT2D eigenvalue weighted by Crippen LogP contribution is 2.17. The number of guanidine groups is 1. The second-order valence-corrected chi connectivity index (χ2v) is 5.02. The monoisotopic (exact) mass is 254 g/mol. The molecule has 0 spiro atoms. The van der Waals surface area contributed by atoms with E-state index < -0.39 is 0 Å². The van der Waals surface area contributed by atoms with E-state index in [1.807, 2.05) is 0 Å².